The first-order valence-electron chi connectivity index (χ1n) is 7.61. The Hall–Kier alpha value is -2.62. The van der Waals surface area contributed by atoms with Gasteiger partial charge in [0.2, 0.25) is 0 Å². The highest BCUT2D eigenvalue weighted by Crippen LogP contribution is 2.28. The lowest BCUT2D eigenvalue weighted by Crippen LogP contribution is -2.03. The molecule has 2 aromatic carbocycles. The van der Waals surface area contributed by atoms with E-state index in [4.69, 9.17) is 10.5 Å². The third-order valence-electron chi connectivity index (χ3n) is 4.14. The first kappa shape index (κ1) is 13.1. The van der Waals surface area contributed by atoms with E-state index in [1.165, 1.54) is 24.0 Å². The van der Waals surface area contributed by atoms with Crippen molar-refractivity contribution in [3.8, 4) is 11.8 Å². The molecule has 0 bridgehead atoms. The minimum Gasteiger partial charge on any atom is -0.424 e. The largest absolute Gasteiger partial charge is 0.424 e. The van der Waals surface area contributed by atoms with Crippen LogP contribution < -0.4 is 10.5 Å². The number of benzene rings is 2. The van der Waals surface area contributed by atoms with Crippen LogP contribution in [0.15, 0.2) is 42.5 Å². The number of aryl methyl sites for hydroxylation is 2. The van der Waals surface area contributed by atoms with Crippen LogP contribution in [0.5, 0.6) is 11.8 Å². The molecular weight excluding hydrogens is 274 g/mol. The molecule has 110 valence electrons. The maximum atomic E-state index is 5.99. The van der Waals surface area contributed by atoms with Crippen LogP contribution in [0.1, 0.15) is 24.0 Å². The summed E-state index contributed by atoms with van der Waals surface area (Å²) in [4.78, 5) is 8.68. The number of nitrogen functional groups attached to an aromatic ring is 1. The zero-order valence-electron chi connectivity index (χ0n) is 12.2. The van der Waals surface area contributed by atoms with E-state index in [2.05, 4.69) is 22.1 Å². The molecule has 2 N–H and O–H groups in total. The molecule has 0 saturated carbocycles. The van der Waals surface area contributed by atoms with Gasteiger partial charge in [0.05, 0.1) is 5.52 Å². The maximum Gasteiger partial charge on any atom is 0.324 e. The van der Waals surface area contributed by atoms with E-state index < -0.39 is 0 Å². The lowest BCUT2D eigenvalue weighted by molar-refractivity contribution is 0.444. The zero-order chi connectivity index (χ0) is 14.9. The second kappa shape index (κ2) is 5.30. The Balaban J connectivity index is 1.68. The molecule has 0 atom stereocenters. The molecule has 3 aromatic rings. The Morgan fingerprint density at radius 1 is 0.909 bits per heavy atom. The van der Waals surface area contributed by atoms with Crippen LogP contribution in [0.25, 0.3) is 10.9 Å². The molecule has 0 fully saturated rings. The third-order valence-corrected chi connectivity index (χ3v) is 4.14. The molecule has 0 spiro atoms. The van der Waals surface area contributed by atoms with E-state index in [-0.39, 0.29) is 0 Å². The van der Waals surface area contributed by atoms with Crippen molar-refractivity contribution in [2.75, 3.05) is 5.73 Å². The molecule has 1 aliphatic rings. The van der Waals surface area contributed by atoms with Crippen LogP contribution in [-0.2, 0) is 12.8 Å². The highest BCUT2D eigenvalue weighted by atomic mass is 16.5. The first-order chi connectivity index (χ1) is 10.8. The summed E-state index contributed by atoms with van der Waals surface area (Å²) in [6, 6.07) is 14.2. The van der Waals surface area contributed by atoms with Crippen molar-refractivity contribution in [1.82, 2.24) is 9.97 Å². The second-order valence-corrected chi connectivity index (χ2v) is 5.65. The Labute approximate surface area is 129 Å². The van der Waals surface area contributed by atoms with Gasteiger partial charge in [-0.25, -0.2) is 0 Å². The van der Waals surface area contributed by atoms with Crippen molar-refractivity contribution in [2.45, 2.75) is 25.7 Å². The summed E-state index contributed by atoms with van der Waals surface area (Å²) >= 11 is 0. The molecule has 4 rings (SSSR count). The fraction of sp³-hybridized carbons (Fsp3) is 0.222. The third kappa shape index (κ3) is 2.37. The molecule has 0 saturated heterocycles. The van der Waals surface area contributed by atoms with E-state index >= 15 is 0 Å². The zero-order valence-corrected chi connectivity index (χ0v) is 12.2. The van der Waals surface area contributed by atoms with Crippen LogP contribution >= 0.6 is 0 Å². The van der Waals surface area contributed by atoms with Crippen molar-refractivity contribution in [2.24, 2.45) is 0 Å². The van der Waals surface area contributed by atoms with Crippen molar-refractivity contribution < 1.29 is 4.74 Å². The fourth-order valence-electron chi connectivity index (χ4n) is 3.00. The van der Waals surface area contributed by atoms with E-state index in [0.29, 0.717) is 11.8 Å². The molecule has 0 aliphatic heterocycles. The highest BCUT2D eigenvalue weighted by Gasteiger charge is 2.12. The van der Waals surface area contributed by atoms with Crippen LogP contribution in [0.2, 0.25) is 0 Å². The highest BCUT2D eigenvalue weighted by molar-refractivity contribution is 5.88. The van der Waals surface area contributed by atoms with Gasteiger partial charge in [0, 0.05) is 5.39 Å². The molecule has 4 heteroatoms. The van der Waals surface area contributed by atoms with Crippen LogP contribution in [0, 0.1) is 0 Å². The van der Waals surface area contributed by atoms with Crippen molar-refractivity contribution in [3.63, 3.8) is 0 Å². The number of anilines is 1. The van der Waals surface area contributed by atoms with Crippen LogP contribution in [0.4, 0.5) is 5.82 Å². The molecule has 0 unspecified atom stereocenters. The number of ether oxygens (including phenoxy) is 1. The van der Waals surface area contributed by atoms with E-state index in [1.54, 1.807) is 0 Å². The van der Waals surface area contributed by atoms with Gasteiger partial charge >= 0.3 is 6.01 Å². The second-order valence-electron chi connectivity index (χ2n) is 5.65. The SMILES string of the molecule is Nc1nc(Oc2ccc3c(c2)CCCC3)nc2ccccc12. The van der Waals surface area contributed by atoms with Gasteiger partial charge < -0.3 is 10.5 Å². The van der Waals surface area contributed by atoms with Crippen molar-refractivity contribution in [3.05, 3.63) is 53.6 Å². The lowest BCUT2D eigenvalue weighted by atomic mass is 9.92. The number of nitrogens with two attached hydrogens (primary N) is 1. The Morgan fingerprint density at radius 3 is 2.64 bits per heavy atom. The van der Waals surface area contributed by atoms with Gasteiger partial charge in [-0.15, -0.1) is 0 Å². The summed E-state index contributed by atoms with van der Waals surface area (Å²) in [6.07, 6.45) is 4.80. The Bertz CT molecular complexity index is 845. The summed E-state index contributed by atoms with van der Waals surface area (Å²) in [5, 5.41) is 0.847. The molecule has 0 amide bonds. The quantitative estimate of drug-likeness (QED) is 0.778. The van der Waals surface area contributed by atoms with Crippen molar-refractivity contribution in [1.29, 1.82) is 0 Å². The minimum absolute atomic E-state index is 0.298. The summed E-state index contributed by atoms with van der Waals surface area (Å²) in [5.74, 6) is 1.22. The molecular formula is C18H17N3O. The number of hydrogen-bond acceptors (Lipinski definition) is 4. The molecule has 1 heterocycles. The van der Waals surface area contributed by atoms with Gasteiger partial charge in [0.15, 0.2) is 0 Å². The van der Waals surface area contributed by atoms with Gasteiger partial charge in [0.25, 0.3) is 0 Å². The lowest BCUT2D eigenvalue weighted by Gasteiger charge is -2.16. The van der Waals surface area contributed by atoms with Crippen LogP contribution in [-0.4, -0.2) is 9.97 Å². The number of nitrogens with zero attached hydrogens (tertiary/aromatic N) is 2. The van der Waals surface area contributed by atoms with Gasteiger partial charge in [0.1, 0.15) is 11.6 Å². The van der Waals surface area contributed by atoms with E-state index in [0.717, 1.165) is 29.5 Å². The average Bonchev–Trinajstić information content (AvgIpc) is 2.55. The average molecular weight is 291 g/mol. The summed E-state index contributed by atoms with van der Waals surface area (Å²) < 4.78 is 5.83. The van der Waals surface area contributed by atoms with E-state index in [9.17, 15) is 0 Å². The molecule has 1 aromatic heterocycles. The molecule has 22 heavy (non-hydrogen) atoms. The normalized spacial score (nSPS) is 13.8. The first-order valence-corrected chi connectivity index (χ1v) is 7.61. The van der Waals surface area contributed by atoms with E-state index in [1.807, 2.05) is 30.3 Å². The standard InChI is InChI=1S/C18H17N3O/c19-17-15-7-3-4-8-16(15)20-18(21-17)22-14-10-9-12-5-1-2-6-13(12)11-14/h3-4,7-11H,1-2,5-6H2,(H2,19,20,21). The number of fused-ring (bicyclic) bond motifs is 2. The smallest absolute Gasteiger partial charge is 0.324 e. The van der Waals surface area contributed by atoms with Crippen LogP contribution in [0.3, 0.4) is 0 Å². The molecule has 1 aliphatic carbocycles. The van der Waals surface area contributed by atoms with Crippen molar-refractivity contribution >= 4 is 16.7 Å². The Morgan fingerprint density at radius 2 is 1.73 bits per heavy atom. The predicted molar refractivity (Wildman–Crippen MR) is 87.1 cm³/mol. The van der Waals surface area contributed by atoms with Gasteiger partial charge in [-0.1, -0.05) is 18.2 Å². The summed E-state index contributed by atoms with van der Waals surface area (Å²) in [5.41, 5.74) is 9.59. The molecule has 4 nitrogen and oxygen atoms in total. The van der Waals surface area contributed by atoms with Gasteiger partial charge in [-0.3, -0.25) is 0 Å². The number of hydrogen-bond donors (Lipinski definition) is 1. The summed E-state index contributed by atoms with van der Waals surface area (Å²) in [7, 11) is 0. The topological polar surface area (TPSA) is 61.0 Å². The molecule has 0 radical (unpaired) electrons. The maximum absolute atomic E-state index is 5.99. The number of aromatic nitrogens is 2. The van der Waals surface area contributed by atoms with Gasteiger partial charge in [-0.05, 0) is 61.1 Å². The van der Waals surface area contributed by atoms with Gasteiger partial charge in [-0.2, -0.15) is 9.97 Å². The predicted octanol–water partition coefficient (Wildman–Crippen LogP) is 3.88. The number of rotatable bonds is 2. The number of para-hydroxylation sites is 1. The summed E-state index contributed by atoms with van der Waals surface area (Å²) in [6.45, 7) is 0. The monoisotopic (exact) mass is 291 g/mol. The minimum atomic E-state index is 0.298. The Kier molecular flexibility index (Phi) is 3.15. The fourth-order valence-corrected chi connectivity index (χ4v) is 3.00.